The lowest BCUT2D eigenvalue weighted by Crippen LogP contribution is -2.18. The van der Waals surface area contributed by atoms with Crippen molar-refractivity contribution < 1.29 is 13.5 Å². The molecule has 2 atom stereocenters. The van der Waals surface area contributed by atoms with Crippen molar-refractivity contribution in [3.8, 4) is 5.88 Å². The van der Waals surface area contributed by atoms with Gasteiger partial charge in [0.25, 0.3) is 0 Å². The number of aromatic nitrogens is 3. The second-order valence-corrected chi connectivity index (χ2v) is 5.85. The van der Waals surface area contributed by atoms with Crippen molar-refractivity contribution in [2.75, 3.05) is 12.4 Å². The van der Waals surface area contributed by atoms with Crippen molar-refractivity contribution in [2.45, 2.75) is 45.1 Å². The van der Waals surface area contributed by atoms with Gasteiger partial charge >= 0.3 is 0 Å². The van der Waals surface area contributed by atoms with E-state index in [9.17, 15) is 4.39 Å². The second-order valence-electron chi connectivity index (χ2n) is 5.85. The Morgan fingerprint density at radius 2 is 2.13 bits per heavy atom. The molecule has 124 valence electrons. The van der Waals surface area contributed by atoms with E-state index in [1.54, 1.807) is 0 Å². The number of halogens is 1. The Kier molecular flexibility index (Phi) is 4.73. The van der Waals surface area contributed by atoms with Crippen LogP contribution in [-0.4, -0.2) is 28.3 Å². The first-order chi connectivity index (χ1) is 11.2. The minimum atomic E-state index is -0.362. The molecule has 0 unspecified atom stereocenters. The van der Waals surface area contributed by atoms with Crippen LogP contribution < -0.4 is 10.1 Å². The third kappa shape index (κ3) is 3.78. The molecule has 1 aliphatic carbocycles. The van der Waals surface area contributed by atoms with Crippen molar-refractivity contribution in [3.63, 3.8) is 0 Å². The zero-order chi connectivity index (χ0) is 16.2. The second kappa shape index (κ2) is 6.93. The minimum absolute atomic E-state index is 0.197. The molecule has 3 rings (SSSR count). The summed E-state index contributed by atoms with van der Waals surface area (Å²) in [4.78, 5) is 4.13. The number of nitrogens with one attached hydrogen (secondary N) is 1. The van der Waals surface area contributed by atoms with Crippen molar-refractivity contribution in [1.82, 2.24) is 15.2 Å². The number of nitrogens with zero attached hydrogens (tertiary/aromatic N) is 3. The summed E-state index contributed by atoms with van der Waals surface area (Å²) in [7, 11) is 1.52. The molecule has 2 aromatic heterocycles. The van der Waals surface area contributed by atoms with Gasteiger partial charge in [-0.15, -0.1) is 10.2 Å². The van der Waals surface area contributed by atoms with Crippen LogP contribution in [0, 0.1) is 11.7 Å². The monoisotopic (exact) mass is 320 g/mol. The minimum Gasteiger partial charge on any atom is -0.481 e. The average molecular weight is 320 g/mol. The Morgan fingerprint density at radius 1 is 1.30 bits per heavy atom. The van der Waals surface area contributed by atoms with Gasteiger partial charge in [-0.1, -0.05) is 6.92 Å². The molecule has 1 aliphatic rings. The first-order valence-corrected chi connectivity index (χ1v) is 7.96. The molecule has 7 heteroatoms. The molecule has 1 saturated carbocycles. The highest BCUT2D eigenvalue weighted by molar-refractivity contribution is 5.40. The van der Waals surface area contributed by atoms with Gasteiger partial charge < -0.3 is 14.5 Å². The predicted molar refractivity (Wildman–Crippen MR) is 82.9 cm³/mol. The Balaban J connectivity index is 1.57. The summed E-state index contributed by atoms with van der Waals surface area (Å²) >= 11 is 0. The number of rotatable bonds is 6. The summed E-state index contributed by atoms with van der Waals surface area (Å²) in [5, 5.41) is 11.2. The van der Waals surface area contributed by atoms with Gasteiger partial charge in [-0.25, -0.2) is 4.39 Å². The van der Waals surface area contributed by atoms with Gasteiger partial charge in [0.15, 0.2) is 11.6 Å². The van der Waals surface area contributed by atoms with E-state index in [-0.39, 0.29) is 17.7 Å². The van der Waals surface area contributed by atoms with Crippen molar-refractivity contribution in [3.05, 3.63) is 29.7 Å². The van der Waals surface area contributed by atoms with Crippen LogP contribution in [0.25, 0.3) is 0 Å². The normalized spacial score (nSPS) is 20.7. The molecular weight excluding hydrogens is 299 g/mol. The molecule has 1 fully saturated rings. The van der Waals surface area contributed by atoms with E-state index >= 15 is 0 Å². The SMILES string of the molecule is CCc1nnc(C[C@@H]2CC[C@H](Nc3nc(OC)ccc3F)C2)o1. The fourth-order valence-electron chi connectivity index (χ4n) is 2.98. The van der Waals surface area contributed by atoms with Crippen LogP contribution in [0.15, 0.2) is 16.5 Å². The first kappa shape index (κ1) is 15.7. The summed E-state index contributed by atoms with van der Waals surface area (Å²) in [6.07, 6.45) is 4.48. The largest absolute Gasteiger partial charge is 0.481 e. The van der Waals surface area contributed by atoms with Crippen LogP contribution >= 0.6 is 0 Å². The molecule has 0 amide bonds. The quantitative estimate of drug-likeness (QED) is 0.882. The number of methoxy groups -OCH3 is 1. The third-order valence-electron chi connectivity index (χ3n) is 4.19. The van der Waals surface area contributed by atoms with Gasteiger partial charge in [0, 0.05) is 24.9 Å². The molecule has 2 heterocycles. The lowest BCUT2D eigenvalue weighted by Gasteiger charge is -2.14. The summed E-state index contributed by atoms with van der Waals surface area (Å²) in [5.41, 5.74) is 0. The van der Waals surface area contributed by atoms with Crippen LogP contribution in [0.3, 0.4) is 0 Å². The van der Waals surface area contributed by atoms with Crippen molar-refractivity contribution in [1.29, 1.82) is 0 Å². The van der Waals surface area contributed by atoms with Crippen LogP contribution in [0.4, 0.5) is 10.2 Å². The number of hydrogen-bond acceptors (Lipinski definition) is 6. The van der Waals surface area contributed by atoms with Crippen molar-refractivity contribution in [2.24, 2.45) is 5.92 Å². The zero-order valence-electron chi connectivity index (χ0n) is 13.4. The van der Waals surface area contributed by atoms with Crippen LogP contribution in [0.1, 0.15) is 38.0 Å². The standard InChI is InChI=1S/C16H21FN4O2/c1-3-13-20-21-15(23-13)9-10-4-5-11(8-10)18-16-12(17)6-7-14(19-16)22-2/h6-7,10-11H,3-5,8-9H2,1-2H3,(H,18,19)/t10-,11+/m1/s1. The Bertz CT molecular complexity index is 661. The number of pyridine rings is 1. The van der Waals surface area contributed by atoms with Crippen molar-refractivity contribution >= 4 is 5.82 Å². The highest BCUT2D eigenvalue weighted by atomic mass is 19.1. The zero-order valence-corrected chi connectivity index (χ0v) is 13.4. The summed E-state index contributed by atoms with van der Waals surface area (Å²) in [5.74, 6) is 2.13. The van der Waals surface area contributed by atoms with Gasteiger partial charge in [-0.2, -0.15) is 4.98 Å². The van der Waals surface area contributed by atoms with Gasteiger partial charge in [0.1, 0.15) is 0 Å². The number of anilines is 1. The molecule has 0 aliphatic heterocycles. The van der Waals surface area contributed by atoms with E-state index in [4.69, 9.17) is 9.15 Å². The molecule has 6 nitrogen and oxygen atoms in total. The summed E-state index contributed by atoms with van der Waals surface area (Å²) < 4.78 is 24.4. The van der Waals surface area contributed by atoms with E-state index in [0.717, 1.165) is 32.1 Å². The molecule has 0 bridgehead atoms. The predicted octanol–water partition coefficient (Wildman–Crippen LogP) is 3.00. The molecule has 2 aromatic rings. The Hall–Kier alpha value is -2.18. The van der Waals surface area contributed by atoms with E-state index in [1.165, 1.54) is 19.2 Å². The fraction of sp³-hybridized carbons (Fsp3) is 0.562. The van der Waals surface area contributed by atoms with Crippen LogP contribution in [0.2, 0.25) is 0 Å². The van der Waals surface area contributed by atoms with Gasteiger partial charge in [0.2, 0.25) is 17.7 Å². The fourth-order valence-corrected chi connectivity index (χ4v) is 2.98. The Morgan fingerprint density at radius 3 is 2.87 bits per heavy atom. The summed E-state index contributed by atoms with van der Waals surface area (Å²) in [6, 6.07) is 3.08. The number of aryl methyl sites for hydroxylation is 1. The first-order valence-electron chi connectivity index (χ1n) is 7.96. The topological polar surface area (TPSA) is 73.1 Å². The maximum absolute atomic E-state index is 13.8. The highest BCUT2D eigenvalue weighted by Gasteiger charge is 2.27. The number of hydrogen-bond donors (Lipinski definition) is 1. The smallest absolute Gasteiger partial charge is 0.216 e. The van der Waals surface area contributed by atoms with Gasteiger partial charge in [-0.05, 0) is 31.2 Å². The lowest BCUT2D eigenvalue weighted by molar-refractivity contribution is 0.396. The maximum Gasteiger partial charge on any atom is 0.216 e. The van der Waals surface area contributed by atoms with Gasteiger partial charge in [0.05, 0.1) is 7.11 Å². The average Bonchev–Trinajstić information content (AvgIpc) is 3.19. The van der Waals surface area contributed by atoms with Crippen LogP contribution in [0.5, 0.6) is 5.88 Å². The van der Waals surface area contributed by atoms with Crippen LogP contribution in [-0.2, 0) is 12.8 Å². The lowest BCUT2D eigenvalue weighted by atomic mass is 10.0. The molecule has 23 heavy (non-hydrogen) atoms. The maximum atomic E-state index is 13.8. The third-order valence-corrected chi connectivity index (χ3v) is 4.19. The van der Waals surface area contributed by atoms with E-state index in [2.05, 4.69) is 20.5 Å². The number of ether oxygens (including phenoxy) is 1. The molecule has 1 N–H and O–H groups in total. The highest BCUT2D eigenvalue weighted by Crippen LogP contribution is 2.31. The molecule has 0 aromatic carbocycles. The molecule has 0 radical (unpaired) electrons. The Labute approximate surface area is 134 Å². The van der Waals surface area contributed by atoms with E-state index in [0.29, 0.717) is 23.6 Å². The molecule has 0 spiro atoms. The van der Waals surface area contributed by atoms with E-state index in [1.807, 2.05) is 6.92 Å². The molecular formula is C16H21FN4O2. The van der Waals surface area contributed by atoms with Gasteiger partial charge in [-0.3, -0.25) is 0 Å². The molecule has 0 saturated heterocycles. The van der Waals surface area contributed by atoms with E-state index < -0.39 is 0 Å². The summed E-state index contributed by atoms with van der Waals surface area (Å²) in [6.45, 7) is 1.99.